The number of aromatic nitrogens is 1. The van der Waals surface area contributed by atoms with E-state index in [0.29, 0.717) is 17.3 Å². The van der Waals surface area contributed by atoms with Gasteiger partial charge in [-0.05, 0) is 67.5 Å². The van der Waals surface area contributed by atoms with Gasteiger partial charge in [0.25, 0.3) is 0 Å². The molecule has 1 aliphatic carbocycles. The number of fused-ring (bicyclic) bond motifs is 5. The van der Waals surface area contributed by atoms with Crippen LogP contribution in [-0.2, 0) is 24.1 Å². The summed E-state index contributed by atoms with van der Waals surface area (Å²) < 4.78 is 7.18. The van der Waals surface area contributed by atoms with Gasteiger partial charge in [-0.2, -0.15) is 0 Å². The number of esters is 1. The van der Waals surface area contributed by atoms with Crippen LogP contribution >= 0.6 is 22.9 Å². The van der Waals surface area contributed by atoms with Crippen molar-refractivity contribution in [3.05, 3.63) is 68.8 Å². The second kappa shape index (κ2) is 9.12. The van der Waals surface area contributed by atoms with E-state index in [2.05, 4.69) is 42.1 Å². The van der Waals surface area contributed by atoms with Gasteiger partial charge in [-0.3, -0.25) is 0 Å². The highest BCUT2D eigenvalue weighted by Crippen LogP contribution is 2.44. The maximum Gasteiger partial charge on any atom is 0.339 e. The number of nitrogens with one attached hydrogen (secondary N) is 1. The van der Waals surface area contributed by atoms with Crippen LogP contribution in [0.15, 0.2) is 36.5 Å². The Hall–Kier alpha value is -2.77. The fourth-order valence-corrected chi connectivity index (χ4v) is 6.79. The first-order valence-corrected chi connectivity index (χ1v) is 12.8. The molecule has 0 saturated carbocycles. The number of ether oxygens (including phenoxy) is 1. The second-order valence-corrected chi connectivity index (χ2v) is 10.7. The normalized spacial score (nSPS) is 17.0. The molecule has 8 heteroatoms. The highest BCUT2D eigenvalue weighted by Gasteiger charge is 2.36. The van der Waals surface area contributed by atoms with Crippen LogP contribution in [0.25, 0.3) is 5.00 Å². The predicted octanol–water partition coefficient (Wildman–Crippen LogP) is 6.60. The predicted molar refractivity (Wildman–Crippen MR) is 135 cm³/mol. The van der Waals surface area contributed by atoms with E-state index in [-0.39, 0.29) is 23.6 Å². The van der Waals surface area contributed by atoms with Crippen LogP contribution in [0.2, 0.25) is 5.02 Å². The number of aryl methyl sites for hydroxylation is 1. The van der Waals surface area contributed by atoms with Crippen LogP contribution in [0, 0.1) is 5.92 Å². The van der Waals surface area contributed by atoms with Gasteiger partial charge in [-0.15, -0.1) is 11.3 Å². The number of hydrogen-bond acceptors (Lipinski definition) is 4. The summed E-state index contributed by atoms with van der Waals surface area (Å²) in [6.07, 6.45) is 6.67. The number of benzene rings is 1. The Kier molecular flexibility index (Phi) is 6.16. The fraction of sp³-hybridized carbons (Fsp3) is 0.385. The van der Waals surface area contributed by atoms with Crippen LogP contribution < -0.4 is 5.32 Å². The molecule has 2 aromatic heterocycles. The van der Waals surface area contributed by atoms with Gasteiger partial charge >= 0.3 is 12.0 Å². The summed E-state index contributed by atoms with van der Waals surface area (Å²) in [6.45, 7) is 4.79. The van der Waals surface area contributed by atoms with E-state index in [1.54, 1.807) is 18.2 Å². The molecule has 0 fully saturated rings. The SMILES string of the molecule is COC(=O)c1ccc(Cl)cc1NC(=O)N1Cc2c(sc3c2CCCC3)-n2cccc2C1C(C)C. The van der Waals surface area contributed by atoms with Gasteiger partial charge in [-0.25, -0.2) is 9.59 Å². The summed E-state index contributed by atoms with van der Waals surface area (Å²) in [5.74, 6) is -0.338. The molecular formula is C26H28ClN3O3S. The smallest absolute Gasteiger partial charge is 0.339 e. The summed E-state index contributed by atoms with van der Waals surface area (Å²) in [5.41, 5.74) is 4.37. The maximum absolute atomic E-state index is 13.9. The van der Waals surface area contributed by atoms with Gasteiger partial charge in [0, 0.05) is 27.4 Å². The molecule has 3 aromatic rings. The summed E-state index contributed by atoms with van der Waals surface area (Å²) >= 11 is 8.07. The van der Waals surface area contributed by atoms with Gasteiger partial charge in [0.1, 0.15) is 5.00 Å². The maximum atomic E-state index is 13.9. The van der Waals surface area contributed by atoms with Crippen LogP contribution in [0.5, 0.6) is 0 Å². The van der Waals surface area contributed by atoms with E-state index in [1.165, 1.54) is 41.0 Å². The van der Waals surface area contributed by atoms with E-state index < -0.39 is 5.97 Å². The lowest BCUT2D eigenvalue weighted by Crippen LogP contribution is -2.40. The quantitative estimate of drug-likeness (QED) is 0.414. The third-order valence-corrected chi connectivity index (χ3v) is 8.32. The first-order valence-electron chi connectivity index (χ1n) is 11.7. The van der Waals surface area contributed by atoms with Crippen LogP contribution in [0.3, 0.4) is 0 Å². The molecule has 2 amide bonds. The second-order valence-electron chi connectivity index (χ2n) is 9.23. The molecule has 0 radical (unpaired) electrons. The molecule has 1 atom stereocenters. The van der Waals surface area contributed by atoms with E-state index in [4.69, 9.17) is 16.3 Å². The summed E-state index contributed by atoms with van der Waals surface area (Å²) in [6, 6.07) is 8.55. The van der Waals surface area contributed by atoms with Crippen LogP contribution in [-0.4, -0.2) is 28.6 Å². The van der Waals surface area contributed by atoms with Gasteiger partial charge in [0.2, 0.25) is 0 Å². The zero-order valence-electron chi connectivity index (χ0n) is 19.6. The molecule has 5 rings (SSSR count). The summed E-state index contributed by atoms with van der Waals surface area (Å²) in [4.78, 5) is 29.5. The molecule has 0 saturated heterocycles. The molecule has 2 aliphatic rings. The monoisotopic (exact) mass is 497 g/mol. The molecule has 34 heavy (non-hydrogen) atoms. The summed E-state index contributed by atoms with van der Waals surface area (Å²) in [7, 11) is 1.32. The van der Waals surface area contributed by atoms with Gasteiger partial charge in [0.05, 0.1) is 30.9 Å². The van der Waals surface area contributed by atoms with Gasteiger partial charge in [0.15, 0.2) is 0 Å². The molecule has 1 N–H and O–H groups in total. The van der Waals surface area contributed by atoms with E-state index in [0.717, 1.165) is 18.5 Å². The Morgan fingerprint density at radius 2 is 1.97 bits per heavy atom. The highest BCUT2D eigenvalue weighted by molar-refractivity contribution is 7.15. The van der Waals surface area contributed by atoms with Crippen LogP contribution in [0.1, 0.15) is 64.8 Å². The molecule has 6 nitrogen and oxygen atoms in total. The number of hydrogen-bond donors (Lipinski definition) is 1. The lowest BCUT2D eigenvalue weighted by atomic mass is 9.94. The number of anilines is 1. The van der Waals surface area contributed by atoms with Crippen LogP contribution in [0.4, 0.5) is 10.5 Å². The highest BCUT2D eigenvalue weighted by atomic mass is 35.5. The lowest BCUT2D eigenvalue weighted by Gasteiger charge is -2.33. The minimum Gasteiger partial charge on any atom is -0.465 e. The largest absolute Gasteiger partial charge is 0.465 e. The van der Waals surface area contributed by atoms with Crippen molar-refractivity contribution >= 4 is 40.6 Å². The molecule has 0 bridgehead atoms. The van der Waals surface area contributed by atoms with Crippen molar-refractivity contribution in [2.24, 2.45) is 5.92 Å². The Balaban J connectivity index is 1.59. The Morgan fingerprint density at radius 1 is 1.18 bits per heavy atom. The van der Waals surface area contributed by atoms with Crippen molar-refractivity contribution < 1.29 is 14.3 Å². The first-order chi connectivity index (χ1) is 16.4. The molecule has 0 spiro atoms. The minimum atomic E-state index is -0.522. The van der Waals surface area contributed by atoms with Crippen molar-refractivity contribution in [2.75, 3.05) is 12.4 Å². The molecule has 1 unspecified atom stereocenters. The Morgan fingerprint density at radius 3 is 2.74 bits per heavy atom. The lowest BCUT2D eigenvalue weighted by molar-refractivity contribution is 0.0602. The number of nitrogens with zero attached hydrogens (tertiary/aromatic N) is 2. The Bertz CT molecular complexity index is 1260. The standard InChI is InChI=1S/C26H28ClN3O3S/c1-15(2)23-21-8-6-12-29(21)24-19(17-7-4-5-9-22(17)34-24)14-30(23)26(32)28-20-13-16(27)10-11-18(20)25(31)33-3/h6,8,10-13,15,23H,4-5,7,9,14H2,1-3H3,(H,28,32). The summed E-state index contributed by atoms with van der Waals surface area (Å²) in [5, 5.41) is 4.63. The number of methoxy groups -OCH3 is 1. The fourth-order valence-electron chi connectivity index (χ4n) is 5.22. The number of carbonyl (C=O) groups is 2. The third kappa shape index (κ3) is 3.91. The molecule has 178 valence electrons. The van der Waals surface area contributed by atoms with Crippen molar-refractivity contribution in [1.82, 2.24) is 9.47 Å². The van der Waals surface area contributed by atoms with Gasteiger partial charge in [-0.1, -0.05) is 25.4 Å². The number of carbonyl (C=O) groups excluding carboxylic acids is 2. The van der Waals surface area contributed by atoms with Crippen molar-refractivity contribution in [1.29, 1.82) is 0 Å². The topological polar surface area (TPSA) is 63.6 Å². The van der Waals surface area contributed by atoms with Crippen molar-refractivity contribution in [3.8, 4) is 5.00 Å². The van der Waals surface area contributed by atoms with Crippen molar-refractivity contribution in [2.45, 2.75) is 52.1 Å². The third-order valence-electron chi connectivity index (χ3n) is 6.75. The number of halogens is 1. The molecule has 3 heterocycles. The minimum absolute atomic E-state index is 0.130. The molecule has 1 aliphatic heterocycles. The zero-order valence-corrected chi connectivity index (χ0v) is 21.1. The zero-order chi connectivity index (χ0) is 24.0. The van der Waals surface area contributed by atoms with E-state index in [9.17, 15) is 9.59 Å². The average molecular weight is 498 g/mol. The van der Waals surface area contributed by atoms with Gasteiger partial charge < -0.3 is 19.5 Å². The van der Waals surface area contributed by atoms with E-state index >= 15 is 0 Å². The molecule has 1 aromatic carbocycles. The Labute approximate surface area is 208 Å². The molecular weight excluding hydrogens is 470 g/mol. The number of amides is 2. The first kappa shape index (κ1) is 23.0. The average Bonchev–Trinajstić information content (AvgIpc) is 3.40. The van der Waals surface area contributed by atoms with Crippen molar-refractivity contribution in [3.63, 3.8) is 0 Å². The number of rotatable bonds is 3. The number of urea groups is 1. The number of thiophene rings is 1. The van der Waals surface area contributed by atoms with E-state index in [1.807, 2.05) is 16.2 Å².